The highest BCUT2D eigenvalue weighted by molar-refractivity contribution is 7.39. The zero-order valence-corrected chi connectivity index (χ0v) is 11.0. The van der Waals surface area contributed by atoms with Crippen molar-refractivity contribution in [3.05, 3.63) is 29.6 Å². The highest BCUT2D eigenvalue weighted by atomic mass is 31.2. The van der Waals surface area contributed by atoms with Crippen molar-refractivity contribution >= 4 is 20.4 Å². The average Bonchev–Trinajstić information content (AvgIpc) is 2.72. The molecule has 1 aliphatic heterocycles. The predicted octanol–water partition coefficient (Wildman–Crippen LogP) is 1.69. The summed E-state index contributed by atoms with van der Waals surface area (Å²) in [6, 6.07) is 4.45. The van der Waals surface area contributed by atoms with E-state index in [4.69, 9.17) is 14.5 Å². The fourth-order valence-electron chi connectivity index (χ4n) is 1.72. The molecule has 1 aromatic rings. The molecule has 1 aliphatic rings. The third kappa shape index (κ3) is 3.39. The molecule has 0 radical (unpaired) electrons. The second-order valence-electron chi connectivity index (χ2n) is 4.10. The molecule has 8 heteroatoms. The van der Waals surface area contributed by atoms with Crippen LogP contribution < -0.4 is 4.90 Å². The molecule has 0 aliphatic carbocycles. The number of hydrogen-bond donors (Lipinski definition) is 2. The molecule has 1 saturated heterocycles. The largest absolute Gasteiger partial charge is 0.441 e. The zero-order valence-electron chi connectivity index (χ0n) is 10.1. The lowest BCUT2D eigenvalue weighted by Gasteiger charge is -2.13. The first-order valence-corrected chi connectivity index (χ1v) is 6.69. The smallest absolute Gasteiger partial charge is 0.414 e. The lowest BCUT2D eigenvalue weighted by atomic mass is 10.2. The minimum absolute atomic E-state index is 0.116. The van der Waals surface area contributed by atoms with Gasteiger partial charge in [0.05, 0.1) is 18.8 Å². The fraction of sp³-hybridized carbons (Fsp3) is 0.364. The Morgan fingerprint density at radius 1 is 1.58 bits per heavy atom. The van der Waals surface area contributed by atoms with Crippen LogP contribution >= 0.6 is 8.60 Å². The molecular weight excluding hydrogens is 276 g/mol. The Kier molecular flexibility index (Phi) is 4.31. The minimum Gasteiger partial charge on any atom is -0.441 e. The molecule has 2 rings (SSSR count). The van der Waals surface area contributed by atoms with Crippen LogP contribution in [0.5, 0.6) is 0 Å². The number of nitrogens with zero attached hydrogens (tertiary/aromatic N) is 1. The van der Waals surface area contributed by atoms with Gasteiger partial charge < -0.3 is 19.0 Å². The van der Waals surface area contributed by atoms with Gasteiger partial charge in [0.1, 0.15) is 11.9 Å². The average molecular weight is 289 g/mol. The van der Waals surface area contributed by atoms with Gasteiger partial charge in [0, 0.05) is 0 Å². The summed E-state index contributed by atoms with van der Waals surface area (Å²) in [5.41, 5.74) is 0.883. The molecule has 0 aromatic heterocycles. The predicted molar refractivity (Wildman–Crippen MR) is 66.1 cm³/mol. The van der Waals surface area contributed by atoms with Gasteiger partial charge in [-0.3, -0.25) is 4.90 Å². The van der Waals surface area contributed by atoms with E-state index in [0.29, 0.717) is 11.3 Å². The van der Waals surface area contributed by atoms with Gasteiger partial charge in [0.2, 0.25) is 0 Å². The van der Waals surface area contributed by atoms with Crippen LogP contribution in [0.2, 0.25) is 0 Å². The van der Waals surface area contributed by atoms with Crippen molar-refractivity contribution in [2.75, 3.05) is 18.1 Å². The van der Waals surface area contributed by atoms with Crippen molar-refractivity contribution in [1.29, 1.82) is 0 Å². The molecule has 0 bridgehead atoms. The van der Waals surface area contributed by atoms with E-state index in [1.54, 1.807) is 19.1 Å². The number of rotatable bonds is 4. The molecule has 0 unspecified atom stereocenters. The van der Waals surface area contributed by atoms with E-state index in [-0.39, 0.29) is 13.2 Å². The van der Waals surface area contributed by atoms with Crippen LogP contribution in [0.1, 0.15) is 5.56 Å². The SMILES string of the molecule is Cc1ccc(N2C[C@H](COP(O)O)OC2=O)cc1F. The van der Waals surface area contributed by atoms with Crippen molar-refractivity contribution < 1.29 is 28.2 Å². The summed E-state index contributed by atoms with van der Waals surface area (Å²) < 4.78 is 23.0. The molecule has 1 fully saturated rings. The minimum atomic E-state index is -2.48. The maximum Gasteiger partial charge on any atom is 0.414 e. The second kappa shape index (κ2) is 5.79. The highest BCUT2D eigenvalue weighted by Gasteiger charge is 2.33. The van der Waals surface area contributed by atoms with Crippen LogP contribution in [0.15, 0.2) is 18.2 Å². The number of carbonyl (C=O) groups is 1. The van der Waals surface area contributed by atoms with Gasteiger partial charge in [-0.2, -0.15) is 0 Å². The Morgan fingerprint density at radius 3 is 2.95 bits per heavy atom. The van der Waals surface area contributed by atoms with Crippen LogP contribution in [0.3, 0.4) is 0 Å². The van der Waals surface area contributed by atoms with Gasteiger partial charge in [-0.1, -0.05) is 6.07 Å². The maximum atomic E-state index is 13.4. The van der Waals surface area contributed by atoms with Crippen molar-refractivity contribution in [2.45, 2.75) is 13.0 Å². The summed E-state index contributed by atoms with van der Waals surface area (Å²) in [5.74, 6) is -0.403. The van der Waals surface area contributed by atoms with Gasteiger partial charge in [0.25, 0.3) is 0 Å². The van der Waals surface area contributed by atoms with E-state index in [2.05, 4.69) is 4.52 Å². The molecule has 1 atom stereocenters. The molecule has 1 amide bonds. The Hall–Kier alpha value is -1.27. The number of cyclic esters (lactones) is 1. The van der Waals surface area contributed by atoms with E-state index in [0.717, 1.165) is 0 Å². The number of amides is 1. The van der Waals surface area contributed by atoms with Gasteiger partial charge in [-0.15, -0.1) is 0 Å². The van der Waals surface area contributed by atoms with Crippen LogP contribution in [0.25, 0.3) is 0 Å². The summed E-state index contributed by atoms with van der Waals surface area (Å²) in [6.45, 7) is 1.68. The van der Waals surface area contributed by atoms with E-state index < -0.39 is 26.6 Å². The number of anilines is 1. The Balaban J connectivity index is 2.05. The molecule has 104 valence electrons. The summed E-state index contributed by atoms with van der Waals surface area (Å²) in [5, 5.41) is 0. The number of benzene rings is 1. The number of aryl methyl sites for hydroxylation is 1. The summed E-state index contributed by atoms with van der Waals surface area (Å²) in [7, 11) is -2.48. The van der Waals surface area contributed by atoms with Crippen molar-refractivity contribution in [2.24, 2.45) is 0 Å². The Morgan fingerprint density at radius 2 is 2.32 bits per heavy atom. The standard InChI is InChI=1S/C11H13FNO5P/c1-7-2-3-8(4-10(7)12)13-5-9(18-11(13)14)6-17-19(15)16/h2-4,9,15-16H,5-6H2,1H3/t9-/m1/s1. The summed E-state index contributed by atoms with van der Waals surface area (Å²) in [4.78, 5) is 30.1. The number of ether oxygens (including phenoxy) is 1. The van der Waals surface area contributed by atoms with Crippen molar-refractivity contribution in [3.8, 4) is 0 Å². The first-order chi connectivity index (χ1) is 8.97. The van der Waals surface area contributed by atoms with Gasteiger partial charge in [0.15, 0.2) is 0 Å². The molecular formula is C11H13FNO5P. The van der Waals surface area contributed by atoms with Crippen molar-refractivity contribution in [1.82, 2.24) is 0 Å². The number of hydrogen-bond acceptors (Lipinski definition) is 5. The lowest BCUT2D eigenvalue weighted by molar-refractivity contribution is 0.0987. The fourth-order valence-corrected chi connectivity index (χ4v) is 2.02. The molecule has 1 heterocycles. The van der Waals surface area contributed by atoms with Gasteiger partial charge >= 0.3 is 14.7 Å². The lowest BCUT2D eigenvalue weighted by Crippen LogP contribution is -2.25. The second-order valence-corrected chi connectivity index (χ2v) is 4.86. The quantitative estimate of drug-likeness (QED) is 0.825. The topological polar surface area (TPSA) is 79.2 Å². The molecule has 0 saturated carbocycles. The molecule has 1 aromatic carbocycles. The highest BCUT2D eigenvalue weighted by Crippen LogP contribution is 2.28. The normalized spacial score (nSPS) is 19.1. The molecule has 0 spiro atoms. The zero-order chi connectivity index (χ0) is 14.0. The first kappa shape index (κ1) is 14.1. The van der Waals surface area contributed by atoms with Gasteiger partial charge in [-0.05, 0) is 24.6 Å². The summed E-state index contributed by atoms with van der Waals surface area (Å²) >= 11 is 0. The third-order valence-electron chi connectivity index (χ3n) is 2.72. The summed E-state index contributed by atoms with van der Waals surface area (Å²) in [6.07, 6.45) is -1.22. The van der Waals surface area contributed by atoms with Gasteiger partial charge in [-0.25, -0.2) is 9.18 Å². The maximum absolute atomic E-state index is 13.4. The Labute approximate surface area is 110 Å². The number of carbonyl (C=O) groups excluding carboxylic acids is 1. The molecule has 6 nitrogen and oxygen atoms in total. The molecule has 2 N–H and O–H groups in total. The van der Waals surface area contributed by atoms with Crippen LogP contribution in [-0.4, -0.2) is 35.1 Å². The van der Waals surface area contributed by atoms with E-state index in [9.17, 15) is 9.18 Å². The monoisotopic (exact) mass is 289 g/mol. The first-order valence-electron chi connectivity index (χ1n) is 5.52. The van der Waals surface area contributed by atoms with Crippen molar-refractivity contribution in [3.63, 3.8) is 0 Å². The molecule has 19 heavy (non-hydrogen) atoms. The number of halogens is 1. The van der Waals surface area contributed by atoms with Crippen LogP contribution in [0.4, 0.5) is 14.9 Å². The van der Waals surface area contributed by atoms with E-state index >= 15 is 0 Å². The van der Waals surface area contributed by atoms with Crippen LogP contribution in [0, 0.1) is 12.7 Å². The Bertz CT molecular complexity index is 484. The third-order valence-corrected chi connectivity index (χ3v) is 3.10. The van der Waals surface area contributed by atoms with E-state index in [1.807, 2.05) is 0 Å². The van der Waals surface area contributed by atoms with E-state index in [1.165, 1.54) is 11.0 Å². The van der Waals surface area contributed by atoms with Crippen LogP contribution in [-0.2, 0) is 9.26 Å².